The predicted octanol–water partition coefficient (Wildman–Crippen LogP) is 1.92. The Labute approximate surface area is 229 Å². The van der Waals surface area contributed by atoms with Crippen molar-refractivity contribution in [1.29, 1.82) is 0 Å². The van der Waals surface area contributed by atoms with Gasteiger partial charge in [0.25, 0.3) is 0 Å². The average Bonchev–Trinajstić information content (AvgIpc) is 2.96. The molecule has 2 saturated heterocycles. The van der Waals surface area contributed by atoms with Crippen LogP contribution in [-0.4, -0.2) is 72.2 Å². The van der Waals surface area contributed by atoms with Gasteiger partial charge in [-0.3, -0.25) is 29.8 Å². The van der Waals surface area contributed by atoms with Crippen molar-refractivity contribution in [3.63, 3.8) is 0 Å². The Bertz CT molecular complexity index is 1160. The summed E-state index contributed by atoms with van der Waals surface area (Å²) in [6.07, 6.45) is 3.20. The lowest BCUT2D eigenvalue weighted by molar-refractivity contribution is -0.384. The first-order valence-corrected chi connectivity index (χ1v) is 12.5. The van der Waals surface area contributed by atoms with E-state index in [1.54, 1.807) is 12.1 Å². The Balaban J connectivity index is 0.000000220. The van der Waals surface area contributed by atoms with Crippen LogP contribution in [0, 0.1) is 32.1 Å². The Kier molecular flexibility index (Phi) is 9.94. The topological polar surface area (TPSA) is 223 Å². The SMILES string of the molecule is COC(=O)[C@@H]1CCCN(c2ccc([N+](=O)[O-])c(N)n2)C1.COC(=O)[C@@H]1CCCN(c2ccc([N+](=O)[O-])c(N)n2)C1. The number of hydrogen-bond acceptors (Lipinski definition) is 14. The Morgan fingerprint density at radius 2 is 1.18 bits per heavy atom. The molecule has 2 fully saturated rings. The first-order valence-electron chi connectivity index (χ1n) is 12.5. The summed E-state index contributed by atoms with van der Waals surface area (Å²) in [5.41, 5.74) is 10.7. The molecule has 0 spiro atoms. The van der Waals surface area contributed by atoms with Gasteiger partial charge in [0.2, 0.25) is 11.6 Å². The number of rotatable bonds is 6. The summed E-state index contributed by atoms with van der Waals surface area (Å²) >= 11 is 0. The van der Waals surface area contributed by atoms with E-state index in [-0.39, 0.29) is 46.8 Å². The minimum Gasteiger partial charge on any atom is -0.469 e. The zero-order valence-electron chi connectivity index (χ0n) is 22.2. The fraction of sp³-hybridized carbons (Fsp3) is 0.500. The van der Waals surface area contributed by atoms with E-state index in [1.807, 2.05) is 9.80 Å². The Morgan fingerprint density at radius 1 is 0.800 bits per heavy atom. The summed E-state index contributed by atoms with van der Waals surface area (Å²) in [4.78, 5) is 55.3. The summed E-state index contributed by atoms with van der Waals surface area (Å²) in [7, 11) is 2.73. The van der Waals surface area contributed by atoms with E-state index in [0.29, 0.717) is 24.7 Å². The number of pyridine rings is 2. The molecule has 16 heteroatoms. The van der Waals surface area contributed by atoms with Crippen molar-refractivity contribution in [2.45, 2.75) is 25.7 Å². The first kappa shape index (κ1) is 29.8. The van der Waals surface area contributed by atoms with Crippen LogP contribution < -0.4 is 21.3 Å². The summed E-state index contributed by atoms with van der Waals surface area (Å²) in [5.74, 6) is -0.0445. The molecule has 16 nitrogen and oxygen atoms in total. The van der Waals surface area contributed by atoms with E-state index >= 15 is 0 Å². The number of piperidine rings is 2. The molecule has 2 aromatic heterocycles. The Morgan fingerprint density at radius 3 is 1.48 bits per heavy atom. The third-order valence-electron chi connectivity index (χ3n) is 6.73. The fourth-order valence-corrected chi connectivity index (χ4v) is 4.66. The number of aromatic nitrogens is 2. The van der Waals surface area contributed by atoms with Gasteiger partial charge in [-0.05, 0) is 37.8 Å². The second-order valence-electron chi connectivity index (χ2n) is 9.28. The molecule has 2 aromatic rings. The summed E-state index contributed by atoms with van der Waals surface area (Å²) in [6.45, 7) is 2.43. The van der Waals surface area contributed by atoms with Crippen molar-refractivity contribution in [2.24, 2.45) is 11.8 Å². The van der Waals surface area contributed by atoms with Crippen LogP contribution in [0.1, 0.15) is 25.7 Å². The molecular weight excluding hydrogens is 528 g/mol. The average molecular weight is 561 g/mol. The van der Waals surface area contributed by atoms with Gasteiger partial charge in [0.15, 0.2) is 0 Å². The lowest BCUT2D eigenvalue weighted by atomic mass is 9.98. The van der Waals surface area contributed by atoms with Gasteiger partial charge in [-0.2, -0.15) is 0 Å². The minimum atomic E-state index is -0.570. The van der Waals surface area contributed by atoms with Gasteiger partial charge < -0.3 is 30.7 Å². The van der Waals surface area contributed by atoms with Gasteiger partial charge in [0.05, 0.1) is 35.9 Å². The fourth-order valence-electron chi connectivity index (χ4n) is 4.66. The molecule has 0 aromatic carbocycles. The number of esters is 2. The van der Waals surface area contributed by atoms with Crippen LogP contribution in [0.4, 0.5) is 34.6 Å². The highest BCUT2D eigenvalue weighted by molar-refractivity contribution is 5.74. The van der Waals surface area contributed by atoms with Crippen LogP contribution in [0.25, 0.3) is 0 Å². The maximum atomic E-state index is 11.6. The van der Waals surface area contributed by atoms with Crippen LogP contribution in [0.3, 0.4) is 0 Å². The summed E-state index contributed by atoms with van der Waals surface area (Å²) < 4.78 is 9.50. The number of anilines is 4. The van der Waals surface area contributed by atoms with Crippen LogP contribution in [0.5, 0.6) is 0 Å². The minimum absolute atomic E-state index is 0.118. The molecule has 4 rings (SSSR count). The van der Waals surface area contributed by atoms with Crippen LogP contribution in [-0.2, 0) is 19.1 Å². The highest BCUT2D eigenvalue weighted by atomic mass is 16.6. The van der Waals surface area contributed by atoms with Crippen molar-refractivity contribution in [3.8, 4) is 0 Å². The monoisotopic (exact) mass is 560 g/mol. The second kappa shape index (κ2) is 13.3. The molecule has 2 aliphatic rings. The molecule has 0 unspecified atom stereocenters. The molecule has 0 radical (unpaired) electrons. The van der Waals surface area contributed by atoms with Gasteiger partial charge in [-0.1, -0.05) is 0 Å². The molecule has 0 bridgehead atoms. The third kappa shape index (κ3) is 7.21. The zero-order chi connectivity index (χ0) is 29.4. The smallest absolute Gasteiger partial charge is 0.311 e. The van der Waals surface area contributed by atoms with Gasteiger partial charge in [-0.25, -0.2) is 9.97 Å². The lowest BCUT2D eigenvalue weighted by Crippen LogP contribution is -2.39. The van der Waals surface area contributed by atoms with Crippen LogP contribution in [0.15, 0.2) is 24.3 Å². The molecule has 0 amide bonds. The third-order valence-corrected chi connectivity index (χ3v) is 6.73. The Hall–Kier alpha value is -4.76. The number of hydrogen-bond donors (Lipinski definition) is 2. The molecule has 4 N–H and O–H groups in total. The molecule has 0 aliphatic carbocycles. The molecule has 216 valence electrons. The number of nitrogen functional groups attached to an aromatic ring is 2. The van der Waals surface area contributed by atoms with E-state index in [4.69, 9.17) is 20.9 Å². The summed E-state index contributed by atoms with van der Waals surface area (Å²) in [6, 6.07) is 5.77. The van der Waals surface area contributed by atoms with Crippen molar-refractivity contribution >= 4 is 46.6 Å². The van der Waals surface area contributed by atoms with Crippen LogP contribution >= 0.6 is 0 Å². The highest BCUT2D eigenvalue weighted by Crippen LogP contribution is 2.28. The number of methoxy groups -OCH3 is 2. The van der Waals surface area contributed by atoms with Crippen molar-refractivity contribution < 1.29 is 28.9 Å². The zero-order valence-corrected chi connectivity index (χ0v) is 22.2. The standard InChI is InChI=1S/2C12H16N4O4/c2*1-20-12(17)8-3-2-6-15(7-8)10-5-4-9(16(18)19)11(13)14-10/h2*4-5,8H,2-3,6-7H2,1H3,(H2,13,14)/t2*8-/m11/s1. The number of nitrogens with two attached hydrogens (primary N) is 2. The predicted molar refractivity (Wildman–Crippen MR) is 145 cm³/mol. The molecule has 0 saturated carbocycles. The van der Waals surface area contributed by atoms with E-state index in [9.17, 15) is 29.8 Å². The van der Waals surface area contributed by atoms with E-state index in [1.165, 1.54) is 26.4 Å². The molecule has 40 heavy (non-hydrogen) atoms. The number of carbonyl (C=O) groups excluding carboxylic acids is 2. The number of carbonyl (C=O) groups is 2. The maximum absolute atomic E-state index is 11.6. The van der Waals surface area contributed by atoms with E-state index in [0.717, 1.165) is 38.8 Å². The first-order chi connectivity index (χ1) is 19.0. The highest BCUT2D eigenvalue weighted by Gasteiger charge is 2.29. The number of nitro groups is 2. The van der Waals surface area contributed by atoms with Crippen molar-refractivity contribution in [1.82, 2.24) is 9.97 Å². The van der Waals surface area contributed by atoms with E-state index < -0.39 is 9.85 Å². The normalized spacial score (nSPS) is 18.6. The molecule has 2 atom stereocenters. The molecular formula is C24H32N8O8. The number of ether oxygens (including phenoxy) is 2. The second-order valence-corrected chi connectivity index (χ2v) is 9.28. The van der Waals surface area contributed by atoms with Gasteiger partial charge in [0, 0.05) is 38.3 Å². The van der Waals surface area contributed by atoms with Crippen LogP contribution in [0.2, 0.25) is 0 Å². The largest absolute Gasteiger partial charge is 0.469 e. The van der Waals surface area contributed by atoms with Crippen molar-refractivity contribution in [3.05, 3.63) is 44.5 Å². The maximum Gasteiger partial charge on any atom is 0.311 e. The molecule has 2 aliphatic heterocycles. The number of nitrogens with zero attached hydrogens (tertiary/aromatic N) is 6. The lowest BCUT2D eigenvalue weighted by Gasteiger charge is -2.32. The van der Waals surface area contributed by atoms with Gasteiger partial charge in [0.1, 0.15) is 11.6 Å². The van der Waals surface area contributed by atoms with E-state index in [2.05, 4.69) is 9.97 Å². The van der Waals surface area contributed by atoms with Gasteiger partial charge >= 0.3 is 23.3 Å². The molecule has 4 heterocycles. The summed E-state index contributed by atoms with van der Waals surface area (Å²) in [5, 5.41) is 21.4. The van der Waals surface area contributed by atoms with Crippen molar-refractivity contribution in [2.75, 3.05) is 61.7 Å². The quantitative estimate of drug-likeness (QED) is 0.292. The van der Waals surface area contributed by atoms with Gasteiger partial charge in [-0.15, -0.1) is 0 Å².